The second-order valence-electron chi connectivity index (χ2n) is 5.40. The van der Waals surface area contributed by atoms with Gasteiger partial charge in [0.1, 0.15) is 5.41 Å². The zero-order chi connectivity index (χ0) is 12.9. The van der Waals surface area contributed by atoms with Crippen LogP contribution in [-0.2, 0) is 18.3 Å². The molecule has 1 N–H and O–H groups in total. The van der Waals surface area contributed by atoms with Crippen LogP contribution in [0.4, 0.5) is 5.69 Å². The molecule has 4 rings (SSSR count). The summed E-state index contributed by atoms with van der Waals surface area (Å²) in [6.45, 7) is 1.02. The fourth-order valence-corrected chi connectivity index (χ4v) is 3.36. The van der Waals surface area contributed by atoms with Crippen molar-refractivity contribution < 1.29 is 0 Å². The van der Waals surface area contributed by atoms with Gasteiger partial charge >= 0.3 is 0 Å². The third-order valence-corrected chi connectivity index (χ3v) is 4.41. The van der Waals surface area contributed by atoms with Crippen molar-refractivity contribution in [2.24, 2.45) is 0 Å². The van der Waals surface area contributed by atoms with Crippen LogP contribution in [0.25, 0.3) is 0 Å². The van der Waals surface area contributed by atoms with E-state index in [0.717, 1.165) is 24.9 Å². The second-order valence-corrected chi connectivity index (χ2v) is 5.40. The minimum atomic E-state index is -0.435. The van der Waals surface area contributed by atoms with Crippen molar-refractivity contribution in [2.75, 3.05) is 11.9 Å². The fourth-order valence-electron chi connectivity index (χ4n) is 3.36. The molecule has 2 heteroatoms. The number of nitrogens with zero attached hydrogens (tertiary/aromatic N) is 1. The van der Waals surface area contributed by atoms with E-state index in [-0.39, 0.29) is 0 Å². The monoisotopic (exact) mass is 246 g/mol. The van der Waals surface area contributed by atoms with Crippen molar-refractivity contribution in [1.82, 2.24) is 0 Å². The van der Waals surface area contributed by atoms with Crippen molar-refractivity contribution >= 4 is 5.69 Å². The summed E-state index contributed by atoms with van der Waals surface area (Å²) in [5.41, 5.74) is 5.83. The number of benzene rings is 2. The van der Waals surface area contributed by atoms with Crippen LogP contribution in [-0.4, -0.2) is 6.54 Å². The Morgan fingerprint density at radius 2 is 1.95 bits per heavy atom. The fraction of sp³-hybridized carbons (Fsp3) is 0.235. The maximum absolute atomic E-state index is 9.71. The summed E-state index contributed by atoms with van der Waals surface area (Å²) in [5, 5.41) is 13.1. The maximum Gasteiger partial charge on any atom is 0.111 e. The molecular weight excluding hydrogens is 232 g/mol. The molecular formula is C17H14N2. The summed E-state index contributed by atoms with van der Waals surface area (Å²) in [7, 11) is 0. The maximum atomic E-state index is 9.71. The average Bonchev–Trinajstić information content (AvgIpc) is 2.89. The van der Waals surface area contributed by atoms with Crippen molar-refractivity contribution in [2.45, 2.75) is 18.3 Å². The van der Waals surface area contributed by atoms with Gasteiger partial charge in [0.25, 0.3) is 0 Å². The van der Waals surface area contributed by atoms with Gasteiger partial charge in [0.2, 0.25) is 0 Å². The smallest absolute Gasteiger partial charge is 0.111 e. The van der Waals surface area contributed by atoms with Gasteiger partial charge in [-0.1, -0.05) is 36.4 Å². The topological polar surface area (TPSA) is 35.8 Å². The Morgan fingerprint density at radius 3 is 2.74 bits per heavy atom. The van der Waals surface area contributed by atoms with Crippen molar-refractivity contribution in [3.05, 3.63) is 64.7 Å². The van der Waals surface area contributed by atoms with Gasteiger partial charge in [0.15, 0.2) is 0 Å². The first-order valence-corrected chi connectivity index (χ1v) is 6.70. The van der Waals surface area contributed by atoms with Gasteiger partial charge < -0.3 is 5.32 Å². The molecule has 0 saturated heterocycles. The van der Waals surface area contributed by atoms with Crippen LogP contribution in [0.3, 0.4) is 0 Å². The standard InChI is InChI=1S/C17H14N2/c18-11-17(14-4-2-1-3-5-14)10-13-8-12-6-7-19-16(12)9-15(13)17/h1-5,8-9,19H,6-7,10H2. The van der Waals surface area contributed by atoms with E-state index in [9.17, 15) is 5.26 Å². The molecule has 0 fully saturated rings. The lowest BCUT2D eigenvalue weighted by molar-refractivity contribution is 0.572. The van der Waals surface area contributed by atoms with E-state index >= 15 is 0 Å². The van der Waals surface area contributed by atoms with E-state index in [0.29, 0.717) is 0 Å². The van der Waals surface area contributed by atoms with Gasteiger partial charge in [-0.3, -0.25) is 0 Å². The molecule has 0 saturated carbocycles. The van der Waals surface area contributed by atoms with Crippen LogP contribution in [0.15, 0.2) is 42.5 Å². The number of nitriles is 1. The zero-order valence-corrected chi connectivity index (χ0v) is 10.6. The number of nitrogens with one attached hydrogen (secondary N) is 1. The van der Waals surface area contributed by atoms with Crippen LogP contribution in [0.5, 0.6) is 0 Å². The lowest BCUT2D eigenvalue weighted by atomic mass is 9.61. The van der Waals surface area contributed by atoms with E-state index in [1.165, 1.54) is 22.4 Å². The molecule has 19 heavy (non-hydrogen) atoms. The third-order valence-electron chi connectivity index (χ3n) is 4.41. The average molecular weight is 246 g/mol. The first kappa shape index (κ1) is 10.6. The predicted molar refractivity (Wildman–Crippen MR) is 75.2 cm³/mol. The van der Waals surface area contributed by atoms with Gasteiger partial charge in [-0.2, -0.15) is 5.26 Å². The molecule has 2 aromatic carbocycles. The second kappa shape index (κ2) is 3.61. The summed E-state index contributed by atoms with van der Waals surface area (Å²) in [6, 6.07) is 17.2. The Labute approximate surface area is 112 Å². The van der Waals surface area contributed by atoms with Gasteiger partial charge in [0, 0.05) is 12.2 Å². The Balaban J connectivity index is 1.89. The molecule has 92 valence electrons. The van der Waals surface area contributed by atoms with Crippen LogP contribution in [0.2, 0.25) is 0 Å². The van der Waals surface area contributed by atoms with E-state index in [4.69, 9.17) is 0 Å². The Morgan fingerprint density at radius 1 is 1.11 bits per heavy atom. The molecule has 0 amide bonds. The molecule has 0 bridgehead atoms. The van der Waals surface area contributed by atoms with Crippen LogP contribution < -0.4 is 5.32 Å². The molecule has 2 nitrogen and oxygen atoms in total. The van der Waals surface area contributed by atoms with Crippen molar-refractivity contribution in [3.8, 4) is 6.07 Å². The Kier molecular flexibility index (Phi) is 2.02. The van der Waals surface area contributed by atoms with Crippen molar-refractivity contribution in [3.63, 3.8) is 0 Å². The molecule has 0 radical (unpaired) electrons. The largest absolute Gasteiger partial charge is 0.384 e. The number of hydrogen-bond acceptors (Lipinski definition) is 2. The minimum Gasteiger partial charge on any atom is -0.384 e. The van der Waals surface area contributed by atoms with Gasteiger partial charge in [-0.05, 0) is 41.2 Å². The number of anilines is 1. The first-order chi connectivity index (χ1) is 9.33. The molecule has 0 spiro atoms. The van der Waals surface area contributed by atoms with Gasteiger partial charge in [-0.15, -0.1) is 0 Å². The lowest BCUT2D eigenvalue weighted by Crippen LogP contribution is -2.38. The number of rotatable bonds is 1. The highest BCUT2D eigenvalue weighted by Crippen LogP contribution is 2.48. The van der Waals surface area contributed by atoms with Crippen LogP contribution >= 0.6 is 0 Å². The highest BCUT2D eigenvalue weighted by Gasteiger charge is 2.45. The lowest BCUT2D eigenvalue weighted by Gasteiger charge is -2.39. The normalized spacial score (nSPS) is 22.7. The van der Waals surface area contributed by atoms with E-state index in [1.807, 2.05) is 18.2 Å². The molecule has 1 atom stereocenters. The first-order valence-electron chi connectivity index (χ1n) is 6.70. The summed E-state index contributed by atoms with van der Waals surface area (Å²) < 4.78 is 0. The highest BCUT2D eigenvalue weighted by molar-refractivity contribution is 5.68. The molecule has 1 aliphatic carbocycles. The summed E-state index contributed by atoms with van der Waals surface area (Å²) in [6.07, 6.45) is 1.95. The van der Waals surface area contributed by atoms with E-state index in [1.54, 1.807) is 0 Å². The van der Waals surface area contributed by atoms with Crippen molar-refractivity contribution in [1.29, 1.82) is 5.26 Å². The third kappa shape index (κ3) is 1.30. The van der Waals surface area contributed by atoms with Crippen LogP contribution in [0, 0.1) is 11.3 Å². The van der Waals surface area contributed by atoms with Gasteiger partial charge in [-0.25, -0.2) is 0 Å². The van der Waals surface area contributed by atoms with E-state index < -0.39 is 5.41 Å². The Hall–Kier alpha value is -2.27. The Bertz CT molecular complexity index is 697. The summed E-state index contributed by atoms with van der Waals surface area (Å²) in [5.74, 6) is 0. The molecule has 1 unspecified atom stereocenters. The van der Waals surface area contributed by atoms with Crippen LogP contribution in [0.1, 0.15) is 22.3 Å². The number of hydrogen-bond donors (Lipinski definition) is 1. The SMILES string of the molecule is N#CC1(c2ccccc2)Cc2cc3c(cc21)NCC3. The molecule has 1 heterocycles. The number of fused-ring (bicyclic) bond motifs is 2. The van der Waals surface area contributed by atoms with Gasteiger partial charge in [0.05, 0.1) is 6.07 Å². The highest BCUT2D eigenvalue weighted by atomic mass is 14.9. The predicted octanol–water partition coefficient (Wildman–Crippen LogP) is 3.02. The molecule has 0 aromatic heterocycles. The summed E-state index contributed by atoms with van der Waals surface area (Å²) >= 11 is 0. The molecule has 2 aromatic rings. The molecule has 1 aliphatic heterocycles. The summed E-state index contributed by atoms with van der Waals surface area (Å²) in [4.78, 5) is 0. The quantitative estimate of drug-likeness (QED) is 0.839. The minimum absolute atomic E-state index is 0.435. The van der Waals surface area contributed by atoms with E-state index in [2.05, 4.69) is 35.7 Å². The molecule has 2 aliphatic rings. The zero-order valence-electron chi connectivity index (χ0n) is 10.6.